The molecule has 0 saturated heterocycles. The largest absolute Gasteiger partial charge is 0.468 e. The van der Waals surface area contributed by atoms with E-state index in [1.807, 2.05) is 0 Å². The molecule has 1 aromatic rings. The first kappa shape index (κ1) is 15.2. The number of Topliss-reactive ketones (excluding diaryl/α,β-unsaturated/α-hetero) is 1. The van der Waals surface area contributed by atoms with Crippen molar-refractivity contribution >= 4 is 11.8 Å². The number of esters is 1. The van der Waals surface area contributed by atoms with Gasteiger partial charge in [-0.15, -0.1) is 0 Å². The van der Waals surface area contributed by atoms with Crippen LogP contribution in [0, 0.1) is 5.92 Å². The smallest absolute Gasteiger partial charge is 0.416 e. The van der Waals surface area contributed by atoms with E-state index < -0.39 is 29.4 Å². The summed E-state index contributed by atoms with van der Waals surface area (Å²) >= 11 is 0. The van der Waals surface area contributed by atoms with Crippen molar-refractivity contribution in [2.45, 2.75) is 19.5 Å². The van der Waals surface area contributed by atoms with E-state index in [0.717, 1.165) is 25.3 Å². The minimum absolute atomic E-state index is 0.146. The second-order valence-electron chi connectivity index (χ2n) is 3.93. The van der Waals surface area contributed by atoms with Crippen molar-refractivity contribution in [1.29, 1.82) is 0 Å². The van der Waals surface area contributed by atoms with Gasteiger partial charge in [-0.2, -0.15) is 13.2 Å². The lowest BCUT2D eigenvalue weighted by Crippen LogP contribution is -2.25. The molecule has 0 aromatic heterocycles. The number of carbonyl (C=O) groups is 2. The normalized spacial score (nSPS) is 12.9. The Balaban J connectivity index is 3.09. The molecule has 0 amide bonds. The van der Waals surface area contributed by atoms with E-state index in [4.69, 9.17) is 0 Å². The molecule has 0 aliphatic heterocycles. The summed E-state index contributed by atoms with van der Waals surface area (Å²) in [5.74, 6) is -2.49. The van der Waals surface area contributed by atoms with Crippen LogP contribution >= 0.6 is 0 Å². The zero-order valence-electron chi connectivity index (χ0n) is 10.5. The Hall–Kier alpha value is -1.85. The fraction of sp³-hybridized carbons (Fsp3) is 0.385. The van der Waals surface area contributed by atoms with Crippen LogP contribution in [0.5, 0.6) is 0 Å². The molecule has 0 aliphatic carbocycles. The summed E-state index contributed by atoms with van der Waals surface area (Å²) < 4.78 is 42.1. The molecule has 1 aromatic carbocycles. The molecule has 0 aliphatic rings. The maximum Gasteiger partial charge on any atom is 0.416 e. The van der Waals surface area contributed by atoms with E-state index in [0.29, 0.717) is 0 Å². The molecule has 1 unspecified atom stereocenters. The van der Waals surface area contributed by atoms with Crippen molar-refractivity contribution in [3.63, 3.8) is 0 Å². The molecule has 3 nitrogen and oxygen atoms in total. The fourth-order valence-electron chi connectivity index (χ4n) is 1.65. The Morgan fingerprint density at radius 2 is 1.95 bits per heavy atom. The van der Waals surface area contributed by atoms with E-state index in [1.165, 1.54) is 6.07 Å². The Kier molecular flexibility index (Phi) is 4.69. The minimum atomic E-state index is -4.52. The third kappa shape index (κ3) is 3.56. The average Bonchev–Trinajstić information content (AvgIpc) is 2.38. The van der Waals surface area contributed by atoms with Crippen molar-refractivity contribution in [3.8, 4) is 0 Å². The molecule has 0 saturated carbocycles. The summed E-state index contributed by atoms with van der Waals surface area (Å²) in [7, 11) is 1.13. The lowest BCUT2D eigenvalue weighted by molar-refractivity contribution is -0.143. The zero-order valence-corrected chi connectivity index (χ0v) is 10.5. The Morgan fingerprint density at radius 1 is 1.32 bits per heavy atom. The lowest BCUT2D eigenvalue weighted by atomic mass is 9.94. The molecular weight excluding hydrogens is 261 g/mol. The van der Waals surface area contributed by atoms with Gasteiger partial charge in [0.1, 0.15) is 5.92 Å². The predicted molar refractivity (Wildman–Crippen MR) is 61.6 cm³/mol. The Bertz CT molecular complexity index is 480. The van der Waals surface area contributed by atoms with Crippen LogP contribution in [0.25, 0.3) is 0 Å². The first-order valence-corrected chi connectivity index (χ1v) is 5.60. The maximum atomic E-state index is 12.5. The van der Waals surface area contributed by atoms with Crippen LogP contribution in [0.15, 0.2) is 24.3 Å². The quantitative estimate of drug-likeness (QED) is 0.481. The summed E-state index contributed by atoms with van der Waals surface area (Å²) in [6.07, 6.45) is -4.36. The topological polar surface area (TPSA) is 43.4 Å². The molecule has 1 rings (SSSR count). The van der Waals surface area contributed by atoms with E-state index in [1.54, 1.807) is 6.92 Å². The maximum absolute atomic E-state index is 12.5. The lowest BCUT2D eigenvalue weighted by Gasteiger charge is -2.13. The highest BCUT2D eigenvalue weighted by Gasteiger charge is 2.32. The van der Waals surface area contributed by atoms with Crippen molar-refractivity contribution in [1.82, 2.24) is 0 Å². The third-order valence-electron chi connectivity index (χ3n) is 2.68. The monoisotopic (exact) mass is 274 g/mol. The van der Waals surface area contributed by atoms with Crippen LogP contribution in [0.3, 0.4) is 0 Å². The molecule has 1 atom stereocenters. The van der Waals surface area contributed by atoms with E-state index >= 15 is 0 Å². The second-order valence-corrected chi connectivity index (χ2v) is 3.93. The summed E-state index contributed by atoms with van der Waals surface area (Å²) in [6, 6.07) is 4.01. The predicted octanol–water partition coefficient (Wildman–Crippen LogP) is 3.09. The van der Waals surface area contributed by atoms with Gasteiger partial charge < -0.3 is 4.74 Å². The van der Waals surface area contributed by atoms with Gasteiger partial charge in [0.05, 0.1) is 12.7 Å². The number of carbonyl (C=O) groups excluding carboxylic acids is 2. The van der Waals surface area contributed by atoms with E-state index in [2.05, 4.69) is 4.74 Å². The van der Waals surface area contributed by atoms with Gasteiger partial charge in [-0.05, 0) is 18.6 Å². The standard InChI is InChI=1S/C13H13F3O3/c1-3-10(12(18)19-2)11(17)8-5-4-6-9(7-8)13(14,15)16/h4-7,10H,3H2,1-2H3. The molecule has 0 N–H and O–H groups in total. The van der Waals surface area contributed by atoms with Crippen molar-refractivity contribution < 1.29 is 27.5 Å². The van der Waals surface area contributed by atoms with Gasteiger partial charge in [-0.1, -0.05) is 19.1 Å². The SMILES string of the molecule is CCC(C(=O)OC)C(=O)c1cccc(C(F)(F)F)c1. The molecule has 104 valence electrons. The molecule has 0 radical (unpaired) electrons. The highest BCUT2D eigenvalue weighted by Crippen LogP contribution is 2.30. The van der Waals surface area contributed by atoms with Crippen LogP contribution in [0.1, 0.15) is 29.3 Å². The molecule has 0 heterocycles. The van der Waals surface area contributed by atoms with Crippen LogP contribution in [0.2, 0.25) is 0 Å². The number of ether oxygens (including phenoxy) is 1. The molecular formula is C13H13F3O3. The Morgan fingerprint density at radius 3 is 2.42 bits per heavy atom. The average molecular weight is 274 g/mol. The number of benzene rings is 1. The molecule has 0 bridgehead atoms. The highest BCUT2D eigenvalue weighted by atomic mass is 19.4. The van der Waals surface area contributed by atoms with Gasteiger partial charge >= 0.3 is 12.1 Å². The summed E-state index contributed by atoms with van der Waals surface area (Å²) in [5, 5.41) is 0. The molecule has 19 heavy (non-hydrogen) atoms. The number of ketones is 1. The number of methoxy groups -OCH3 is 1. The number of halogens is 3. The summed E-state index contributed by atoms with van der Waals surface area (Å²) in [4.78, 5) is 23.4. The summed E-state index contributed by atoms with van der Waals surface area (Å²) in [5.41, 5.74) is -1.06. The second kappa shape index (κ2) is 5.86. The Labute approximate surface area is 108 Å². The number of hydrogen-bond acceptors (Lipinski definition) is 3. The van der Waals surface area contributed by atoms with Gasteiger partial charge in [0.15, 0.2) is 5.78 Å². The van der Waals surface area contributed by atoms with Crippen molar-refractivity contribution in [2.75, 3.05) is 7.11 Å². The van der Waals surface area contributed by atoms with Gasteiger partial charge in [0.2, 0.25) is 0 Å². The van der Waals surface area contributed by atoms with E-state index in [9.17, 15) is 22.8 Å². The molecule has 6 heteroatoms. The first-order valence-electron chi connectivity index (χ1n) is 5.60. The van der Waals surface area contributed by atoms with Gasteiger partial charge in [0, 0.05) is 5.56 Å². The van der Waals surface area contributed by atoms with Crippen LogP contribution < -0.4 is 0 Å². The first-order chi connectivity index (χ1) is 8.81. The van der Waals surface area contributed by atoms with Gasteiger partial charge in [0.25, 0.3) is 0 Å². The summed E-state index contributed by atoms with van der Waals surface area (Å²) in [6.45, 7) is 1.59. The number of alkyl halides is 3. The van der Waals surface area contributed by atoms with Crippen molar-refractivity contribution in [3.05, 3.63) is 35.4 Å². The van der Waals surface area contributed by atoms with Crippen LogP contribution in [-0.4, -0.2) is 18.9 Å². The fourth-order valence-corrected chi connectivity index (χ4v) is 1.65. The van der Waals surface area contributed by atoms with Crippen LogP contribution in [0.4, 0.5) is 13.2 Å². The highest BCUT2D eigenvalue weighted by molar-refractivity contribution is 6.08. The molecule has 0 fully saturated rings. The number of rotatable bonds is 4. The minimum Gasteiger partial charge on any atom is -0.468 e. The molecule has 0 spiro atoms. The third-order valence-corrected chi connectivity index (χ3v) is 2.68. The van der Waals surface area contributed by atoms with Gasteiger partial charge in [-0.25, -0.2) is 0 Å². The van der Waals surface area contributed by atoms with Crippen LogP contribution in [-0.2, 0) is 15.7 Å². The zero-order chi connectivity index (χ0) is 14.6. The number of hydrogen-bond donors (Lipinski definition) is 0. The van der Waals surface area contributed by atoms with Crippen molar-refractivity contribution in [2.24, 2.45) is 5.92 Å². The van der Waals surface area contributed by atoms with Gasteiger partial charge in [-0.3, -0.25) is 9.59 Å². The van der Waals surface area contributed by atoms with E-state index in [-0.39, 0.29) is 12.0 Å².